The summed E-state index contributed by atoms with van der Waals surface area (Å²) in [4.78, 5) is 0. The zero-order valence-corrected chi connectivity index (χ0v) is 13.0. The van der Waals surface area contributed by atoms with Gasteiger partial charge in [-0.15, -0.1) is 0 Å². The zero-order chi connectivity index (χ0) is 15.4. The highest BCUT2D eigenvalue weighted by molar-refractivity contribution is 5.35. The molecular weight excluding hydrogens is 286 g/mol. The lowest BCUT2D eigenvalue weighted by Gasteiger charge is -2.25. The predicted molar refractivity (Wildman–Crippen MR) is 81.3 cm³/mol. The average Bonchev–Trinajstić information content (AvgIpc) is 2.97. The molecule has 2 aliphatic carbocycles. The van der Waals surface area contributed by atoms with E-state index in [0.717, 1.165) is 19.3 Å². The summed E-state index contributed by atoms with van der Waals surface area (Å²) in [6.07, 6.45) is 9.38. The molecule has 0 spiro atoms. The van der Waals surface area contributed by atoms with E-state index in [9.17, 15) is 8.78 Å². The fraction of sp³-hybridized carbons (Fsp3) is 0.667. The molecule has 0 aromatic heterocycles. The van der Waals surface area contributed by atoms with Crippen LogP contribution in [0.2, 0.25) is 0 Å². The zero-order valence-electron chi connectivity index (χ0n) is 13.0. The molecule has 122 valence electrons. The molecule has 4 heteroatoms. The monoisotopic (exact) mass is 310 g/mol. The minimum Gasteiger partial charge on any atom is -0.490 e. The van der Waals surface area contributed by atoms with Gasteiger partial charge in [0.15, 0.2) is 11.5 Å². The van der Waals surface area contributed by atoms with Crippen molar-refractivity contribution in [2.45, 2.75) is 51.4 Å². The molecule has 2 saturated carbocycles. The Labute approximate surface area is 130 Å². The van der Waals surface area contributed by atoms with Gasteiger partial charge in [-0.05, 0) is 43.2 Å². The van der Waals surface area contributed by atoms with Gasteiger partial charge in [-0.1, -0.05) is 32.1 Å². The third-order valence-corrected chi connectivity index (χ3v) is 4.97. The maximum Gasteiger partial charge on any atom is 0.204 e. The van der Waals surface area contributed by atoms with Gasteiger partial charge in [0, 0.05) is 0 Å². The Morgan fingerprint density at radius 1 is 0.818 bits per heavy atom. The second kappa shape index (κ2) is 7.30. The van der Waals surface area contributed by atoms with Crippen molar-refractivity contribution < 1.29 is 18.3 Å². The minimum atomic E-state index is -0.933. The fourth-order valence-corrected chi connectivity index (χ4v) is 3.24. The van der Waals surface area contributed by atoms with E-state index >= 15 is 0 Å². The summed E-state index contributed by atoms with van der Waals surface area (Å²) in [6, 6.07) is 2.95. The summed E-state index contributed by atoms with van der Waals surface area (Å²) < 4.78 is 38.8. The van der Waals surface area contributed by atoms with Crippen LogP contribution < -0.4 is 9.47 Å². The maximum atomic E-state index is 14.0. The number of hydrogen-bond donors (Lipinski definition) is 0. The molecule has 0 radical (unpaired) electrons. The van der Waals surface area contributed by atoms with Crippen LogP contribution in [0.15, 0.2) is 12.1 Å². The summed E-state index contributed by atoms with van der Waals surface area (Å²) in [7, 11) is 0. The molecule has 0 N–H and O–H groups in total. The Kier molecular flexibility index (Phi) is 5.16. The summed E-state index contributed by atoms with van der Waals surface area (Å²) >= 11 is 0. The molecule has 0 atom stereocenters. The van der Waals surface area contributed by atoms with Crippen LogP contribution in [0.4, 0.5) is 8.78 Å². The Morgan fingerprint density at radius 2 is 1.41 bits per heavy atom. The molecule has 2 nitrogen and oxygen atoms in total. The van der Waals surface area contributed by atoms with Gasteiger partial charge in [0.1, 0.15) is 0 Å². The van der Waals surface area contributed by atoms with Crippen molar-refractivity contribution in [2.75, 3.05) is 13.2 Å². The van der Waals surface area contributed by atoms with Gasteiger partial charge in [-0.25, -0.2) is 0 Å². The van der Waals surface area contributed by atoms with Gasteiger partial charge in [0.25, 0.3) is 0 Å². The van der Waals surface area contributed by atoms with Crippen LogP contribution in [0.3, 0.4) is 0 Å². The molecule has 22 heavy (non-hydrogen) atoms. The number of hydrogen-bond acceptors (Lipinski definition) is 2. The van der Waals surface area contributed by atoms with Gasteiger partial charge in [0.2, 0.25) is 11.6 Å². The Hall–Kier alpha value is -1.32. The largest absolute Gasteiger partial charge is 0.490 e. The molecule has 0 heterocycles. The lowest BCUT2D eigenvalue weighted by Crippen LogP contribution is -2.19. The third-order valence-electron chi connectivity index (χ3n) is 4.97. The Morgan fingerprint density at radius 3 is 2.00 bits per heavy atom. The maximum absolute atomic E-state index is 14.0. The molecule has 1 aromatic carbocycles. The third kappa shape index (κ3) is 3.71. The second-order valence-corrected chi connectivity index (χ2v) is 6.59. The molecular formula is C18H24F2O2. The molecule has 0 bridgehead atoms. The smallest absolute Gasteiger partial charge is 0.204 e. The fourth-order valence-electron chi connectivity index (χ4n) is 3.24. The van der Waals surface area contributed by atoms with Crippen molar-refractivity contribution in [3.63, 3.8) is 0 Å². The van der Waals surface area contributed by atoms with Crippen LogP contribution in [0.25, 0.3) is 0 Å². The highest BCUT2D eigenvalue weighted by atomic mass is 19.2. The van der Waals surface area contributed by atoms with Gasteiger partial charge >= 0.3 is 0 Å². The Balaban J connectivity index is 1.51. The first-order chi connectivity index (χ1) is 10.7. The van der Waals surface area contributed by atoms with Crippen LogP contribution in [0.5, 0.6) is 11.5 Å². The van der Waals surface area contributed by atoms with Crippen molar-refractivity contribution >= 4 is 0 Å². The van der Waals surface area contributed by atoms with E-state index < -0.39 is 11.6 Å². The summed E-state index contributed by atoms with van der Waals surface area (Å²) in [5.74, 6) is -0.711. The van der Waals surface area contributed by atoms with Gasteiger partial charge in [-0.2, -0.15) is 8.78 Å². The van der Waals surface area contributed by atoms with Crippen LogP contribution in [-0.2, 0) is 0 Å². The van der Waals surface area contributed by atoms with Crippen LogP contribution in [-0.4, -0.2) is 13.2 Å². The van der Waals surface area contributed by atoms with E-state index in [0.29, 0.717) is 25.0 Å². The molecule has 3 rings (SSSR count). The van der Waals surface area contributed by atoms with E-state index in [2.05, 4.69) is 0 Å². The molecule has 0 amide bonds. The quantitative estimate of drug-likeness (QED) is 0.697. The van der Waals surface area contributed by atoms with Gasteiger partial charge < -0.3 is 9.47 Å². The van der Waals surface area contributed by atoms with Crippen molar-refractivity contribution in [1.82, 2.24) is 0 Å². The highest BCUT2D eigenvalue weighted by Gasteiger charge is 2.21. The first-order valence-corrected chi connectivity index (χ1v) is 8.47. The summed E-state index contributed by atoms with van der Waals surface area (Å²) in [6.45, 7) is 0.918. The minimum absolute atomic E-state index is 0.00690. The second-order valence-electron chi connectivity index (χ2n) is 6.59. The summed E-state index contributed by atoms with van der Waals surface area (Å²) in [5, 5.41) is 0. The van der Waals surface area contributed by atoms with E-state index in [1.165, 1.54) is 44.2 Å². The normalized spacial score (nSPS) is 19.2. The Bertz CT molecular complexity index is 494. The molecule has 1 aromatic rings. The number of benzene rings is 1. The van der Waals surface area contributed by atoms with E-state index in [4.69, 9.17) is 9.47 Å². The topological polar surface area (TPSA) is 18.5 Å². The highest BCUT2D eigenvalue weighted by Crippen LogP contribution is 2.32. The summed E-state index contributed by atoms with van der Waals surface area (Å²) in [5.41, 5.74) is 0. The first kappa shape index (κ1) is 15.6. The van der Waals surface area contributed by atoms with E-state index in [1.54, 1.807) is 0 Å². The standard InChI is InChI=1S/C18H24F2O2/c19-17-15(21-11-10-13-4-1-2-5-13)8-9-16(18(17)20)22-12-14-6-3-7-14/h8-9,13-14H,1-7,10-12H2. The first-order valence-electron chi connectivity index (χ1n) is 8.47. The van der Waals surface area contributed by atoms with Crippen molar-refractivity contribution in [2.24, 2.45) is 11.8 Å². The van der Waals surface area contributed by atoms with Crippen LogP contribution >= 0.6 is 0 Å². The lowest BCUT2D eigenvalue weighted by molar-refractivity contribution is 0.173. The molecule has 0 aliphatic heterocycles. The van der Waals surface area contributed by atoms with Gasteiger partial charge in [0.05, 0.1) is 13.2 Å². The average molecular weight is 310 g/mol. The number of halogens is 2. The number of ether oxygens (including phenoxy) is 2. The SMILES string of the molecule is Fc1c(OCCC2CCCC2)ccc(OCC2CCC2)c1F. The molecule has 2 aliphatic rings. The molecule has 2 fully saturated rings. The van der Waals surface area contributed by atoms with Crippen molar-refractivity contribution in [1.29, 1.82) is 0 Å². The molecule has 0 saturated heterocycles. The lowest BCUT2D eigenvalue weighted by atomic mass is 9.86. The van der Waals surface area contributed by atoms with Crippen molar-refractivity contribution in [3.8, 4) is 11.5 Å². The van der Waals surface area contributed by atoms with Crippen LogP contribution in [0, 0.1) is 23.5 Å². The van der Waals surface area contributed by atoms with E-state index in [1.807, 2.05) is 0 Å². The molecule has 0 unspecified atom stereocenters. The van der Waals surface area contributed by atoms with E-state index in [-0.39, 0.29) is 11.5 Å². The van der Waals surface area contributed by atoms with Crippen LogP contribution in [0.1, 0.15) is 51.4 Å². The van der Waals surface area contributed by atoms with Crippen molar-refractivity contribution in [3.05, 3.63) is 23.8 Å². The predicted octanol–water partition coefficient (Wildman–Crippen LogP) is 5.10. The number of rotatable bonds is 7. The van der Waals surface area contributed by atoms with Gasteiger partial charge in [-0.3, -0.25) is 0 Å².